The van der Waals surface area contributed by atoms with Crippen molar-refractivity contribution in [2.75, 3.05) is 0 Å². The Hall–Kier alpha value is -7.04. The first-order valence-electron chi connectivity index (χ1n) is 24.0. The fourth-order valence-electron chi connectivity index (χ4n) is 7.07. The zero-order chi connectivity index (χ0) is 47.2. The predicted molar refractivity (Wildman–Crippen MR) is 217 cm³/mol. The van der Waals surface area contributed by atoms with Gasteiger partial charge >= 0.3 is 0 Å². The Labute approximate surface area is 320 Å². The van der Waals surface area contributed by atoms with Gasteiger partial charge in [0.15, 0.2) is 0 Å². The summed E-state index contributed by atoms with van der Waals surface area (Å²) < 4.78 is 138. The summed E-state index contributed by atoms with van der Waals surface area (Å²) in [5, 5.41) is 1.51. The minimum Gasteiger partial charge on any atom is -0.309 e. The highest BCUT2D eigenvalue weighted by atomic mass is 15.2. The molecule has 0 unspecified atom stereocenters. The largest absolute Gasteiger partial charge is 0.309 e. The van der Waals surface area contributed by atoms with Crippen LogP contribution in [0.3, 0.4) is 0 Å². The first kappa shape index (κ1) is 17.8. The quantitative estimate of drug-likeness (QED) is 0.186. The zero-order valence-corrected chi connectivity index (χ0v) is 26.9. The molecule has 11 rings (SSSR count). The van der Waals surface area contributed by atoms with Crippen molar-refractivity contribution in [2.24, 2.45) is 0 Å². The Balaban J connectivity index is 1.38. The number of para-hydroxylation sites is 3. The van der Waals surface area contributed by atoms with Gasteiger partial charge in [0.1, 0.15) is 0 Å². The van der Waals surface area contributed by atoms with Gasteiger partial charge in [-0.15, -0.1) is 0 Å². The lowest BCUT2D eigenvalue weighted by Crippen LogP contribution is -2.03. The number of aromatic nitrogens is 4. The monoisotopic (exact) mass is 677 g/mol. The summed E-state index contributed by atoms with van der Waals surface area (Å²) in [6.45, 7) is 0. The Morgan fingerprint density at radius 3 is 1.83 bits per heavy atom. The van der Waals surface area contributed by atoms with E-state index in [1.165, 1.54) is 4.57 Å². The molecule has 3 aromatic heterocycles. The molecular formula is C48H30N4. The van der Waals surface area contributed by atoms with Crippen molar-refractivity contribution in [3.63, 3.8) is 0 Å². The van der Waals surface area contributed by atoms with Crippen LogP contribution in [-0.4, -0.2) is 19.1 Å². The fourth-order valence-corrected chi connectivity index (χ4v) is 7.07. The molecule has 4 heteroatoms. The van der Waals surface area contributed by atoms with Gasteiger partial charge in [0.2, 0.25) is 5.95 Å². The van der Waals surface area contributed by atoms with Crippen molar-refractivity contribution in [1.29, 1.82) is 0 Å². The van der Waals surface area contributed by atoms with E-state index in [4.69, 9.17) is 23.7 Å². The average Bonchev–Trinajstić information content (AvgIpc) is 3.90. The van der Waals surface area contributed by atoms with Gasteiger partial charge in [-0.3, -0.25) is 4.57 Å². The second-order valence-electron chi connectivity index (χ2n) is 12.3. The molecule has 0 spiro atoms. The molecule has 0 N–H and O–H groups in total. The molecule has 3 heterocycles. The summed E-state index contributed by atoms with van der Waals surface area (Å²) in [5.74, 6) is -0.144. The predicted octanol–water partition coefficient (Wildman–Crippen LogP) is 12.3. The summed E-state index contributed by atoms with van der Waals surface area (Å²) >= 11 is 0. The fraction of sp³-hybridized carbons (Fsp3) is 0. The van der Waals surface area contributed by atoms with Crippen LogP contribution in [0.2, 0.25) is 0 Å². The van der Waals surface area contributed by atoms with E-state index in [1.807, 2.05) is 91.0 Å². The Morgan fingerprint density at radius 2 is 1.06 bits per heavy atom. The van der Waals surface area contributed by atoms with E-state index in [0.717, 1.165) is 26.5 Å². The van der Waals surface area contributed by atoms with Crippen molar-refractivity contribution >= 4 is 65.3 Å². The molecule has 0 atom stereocenters. The van der Waals surface area contributed by atoms with Crippen molar-refractivity contribution in [2.45, 2.75) is 0 Å². The van der Waals surface area contributed by atoms with Crippen LogP contribution in [0.1, 0.15) is 20.6 Å². The average molecular weight is 678 g/mol. The third-order valence-corrected chi connectivity index (χ3v) is 9.42. The highest BCUT2D eigenvalue weighted by Gasteiger charge is 2.21. The maximum Gasteiger partial charge on any atom is 0.235 e. The van der Waals surface area contributed by atoms with Gasteiger partial charge in [0.05, 0.1) is 53.8 Å². The van der Waals surface area contributed by atoms with Crippen LogP contribution >= 0.6 is 0 Å². The maximum atomic E-state index is 10.2. The van der Waals surface area contributed by atoms with Crippen LogP contribution in [0.25, 0.3) is 99.3 Å². The van der Waals surface area contributed by atoms with Crippen molar-refractivity contribution < 1.29 is 20.6 Å². The number of rotatable bonds is 4. The summed E-state index contributed by atoms with van der Waals surface area (Å²) in [6, 6.07) is 18.9. The molecular weight excluding hydrogens is 633 g/mol. The van der Waals surface area contributed by atoms with Gasteiger partial charge in [-0.2, -0.15) is 0 Å². The van der Waals surface area contributed by atoms with Gasteiger partial charge in [-0.1, -0.05) is 127 Å². The molecule has 4 nitrogen and oxygen atoms in total. The number of fused-ring (bicyclic) bond motifs is 8. The molecule has 0 bridgehead atoms. The molecule has 8 aromatic carbocycles. The summed E-state index contributed by atoms with van der Waals surface area (Å²) in [5.41, 5.74) is 1.55. The molecule has 11 aromatic rings. The molecule has 0 amide bonds. The lowest BCUT2D eigenvalue weighted by molar-refractivity contribution is 1.01. The minimum atomic E-state index is -0.762. The molecule has 0 aliphatic carbocycles. The lowest BCUT2D eigenvalue weighted by Gasteiger charge is -2.13. The van der Waals surface area contributed by atoms with Gasteiger partial charge in [-0.05, 0) is 76.4 Å². The van der Waals surface area contributed by atoms with E-state index in [1.54, 1.807) is 0 Å². The zero-order valence-electron chi connectivity index (χ0n) is 41.9. The van der Waals surface area contributed by atoms with E-state index < -0.39 is 96.3 Å². The Kier molecular flexibility index (Phi) is 3.84. The van der Waals surface area contributed by atoms with Crippen LogP contribution in [0.15, 0.2) is 182 Å². The standard InChI is InChI=1S/C48H30N4/c1-3-13-31(14-4-1)34-25-26-39-42(28-34)49-48(50-47(39)35-24-23-32-15-7-8-16-33(32)27-35)52-44-22-12-10-20-38(44)41-29-45-40(30-46(41)52)37-19-9-11-21-43(37)51(45)36-17-5-2-6-18-36/h1-30H/i2D,5D,6D,9D,10D,11D,12D,17D,18D,19D,20D,21D,22D,29D,30D. The van der Waals surface area contributed by atoms with Crippen molar-refractivity contribution in [3.05, 3.63) is 182 Å². The van der Waals surface area contributed by atoms with E-state index in [0.29, 0.717) is 22.2 Å². The number of nitrogens with zero attached hydrogens (tertiary/aromatic N) is 4. The number of hydrogen-bond acceptors (Lipinski definition) is 2. The molecule has 242 valence electrons. The van der Waals surface area contributed by atoms with Crippen molar-refractivity contribution in [1.82, 2.24) is 19.1 Å². The minimum absolute atomic E-state index is 0.144. The smallest absolute Gasteiger partial charge is 0.235 e. The second-order valence-corrected chi connectivity index (χ2v) is 12.3. The topological polar surface area (TPSA) is 35.6 Å². The second kappa shape index (κ2) is 11.2. The third kappa shape index (κ3) is 4.34. The normalized spacial score (nSPS) is 15.9. The van der Waals surface area contributed by atoms with Gasteiger partial charge in [-0.25, -0.2) is 9.97 Å². The first-order chi connectivity index (χ1) is 32.0. The summed E-state index contributed by atoms with van der Waals surface area (Å²) in [6.07, 6.45) is 0. The highest BCUT2D eigenvalue weighted by molar-refractivity contribution is 6.19. The van der Waals surface area contributed by atoms with E-state index in [9.17, 15) is 6.85 Å². The van der Waals surface area contributed by atoms with Crippen LogP contribution in [0.4, 0.5) is 0 Å². The van der Waals surface area contributed by atoms with E-state index in [-0.39, 0.29) is 49.6 Å². The summed E-state index contributed by atoms with van der Waals surface area (Å²) in [4.78, 5) is 10.2. The first-order valence-corrected chi connectivity index (χ1v) is 16.5. The molecule has 52 heavy (non-hydrogen) atoms. The molecule has 0 saturated heterocycles. The van der Waals surface area contributed by atoms with Crippen LogP contribution in [0.5, 0.6) is 0 Å². The highest BCUT2D eigenvalue weighted by Crippen LogP contribution is 2.40. The number of benzene rings is 8. The lowest BCUT2D eigenvalue weighted by atomic mass is 9.99. The van der Waals surface area contributed by atoms with Crippen LogP contribution < -0.4 is 0 Å². The molecule has 0 saturated carbocycles. The molecule has 0 aliphatic rings. The SMILES string of the molecule is [2H]c1c([2H])c([2H])c(-n2c3c([2H])c([2H])c([2H])c([2H])c3c3c([2H])c4c(c([2H])c32)c2c([2H])c([2H])c([2H])c([2H])c2n4-c2nc(-c3ccc4ccccc4c3)c3ccc(-c4ccccc4)cc3n2)c([2H])c1[2H]. The van der Waals surface area contributed by atoms with Crippen LogP contribution in [0, 0.1) is 0 Å². The third-order valence-electron chi connectivity index (χ3n) is 9.42. The number of hydrogen-bond donors (Lipinski definition) is 0. The van der Waals surface area contributed by atoms with Crippen LogP contribution in [-0.2, 0) is 0 Å². The Morgan fingerprint density at radius 1 is 0.423 bits per heavy atom. The molecule has 0 aliphatic heterocycles. The molecule has 0 radical (unpaired) electrons. The van der Waals surface area contributed by atoms with Gasteiger partial charge < -0.3 is 4.57 Å². The van der Waals surface area contributed by atoms with E-state index >= 15 is 0 Å². The van der Waals surface area contributed by atoms with Gasteiger partial charge in [0.25, 0.3) is 0 Å². The Bertz CT molecular complexity index is 4020. The van der Waals surface area contributed by atoms with E-state index in [2.05, 4.69) is 0 Å². The van der Waals surface area contributed by atoms with Gasteiger partial charge in [0, 0.05) is 38.2 Å². The summed E-state index contributed by atoms with van der Waals surface area (Å²) in [7, 11) is 0. The molecule has 0 fully saturated rings. The maximum absolute atomic E-state index is 10.2. The van der Waals surface area contributed by atoms with Crippen molar-refractivity contribution in [3.8, 4) is 34.0 Å².